The predicted octanol–water partition coefficient (Wildman–Crippen LogP) is 2.86. The van der Waals surface area contributed by atoms with Crippen molar-refractivity contribution in [1.82, 2.24) is 0 Å². The first kappa shape index (κ1) is 10.0. The van der Waals surface area contributed by atoms with Crippen LogP contribution >= 0.6 is 0 Å². The van der Waals surface area contributed by atoms with Gasteiger partial charge in [-0.05, 0) is 43.9 Å². The van der Waals surface area contributed by atoms with E-state index in [4.69, 9.17) is 5.26 Å². The van der Waals surface area contributed by atoms with Crippen molar-refractivity contribution in [2.75, 3.05) is 11.9 Å². The molecule has 2 heteroatoms. The number of benzene rings is 1. The third-order valence-corrected chi connectivity index (χ3v) is 3.28. The second kappa shape index (κ2) is 3.94. The van der Waals surface area contributed by atoms with E-state index >= 15 is 0 Å². The molecule has 2 nitrogen and oxygen atoms in total. The Bertz CT molecular complexity index is 399. The Morgan fingerprint density at radius 3 is 2.67 bits per heavy atom. The van der Waals surface area contributed by atoms with Gasteiger partial charge >= 0.3 is 0 Å². The zero-order valence-corrected chi connectivity index (χ0v) is 9.33. The minimum Gasteiger partial charge on any atom is -0.371 e. The van der Waals surface area contributed by atoms with Gasteiger partial charge in [0.1, 0.15) is 6.07 Å². The molecular weight excluding hydrogens is 184 g/mol. The summed E-state index contributed by atoms with van der Waals surface area (Å²) in [6.07, 6.45) is 3.84. The number of hydrogen-bond donors (Lipinski definition) is 0. The van der Waals surface area contributed by atoms with Crippen LogP contribution in [0.25, 0.3) is 0 Å². The molecule has 78 valence electrons. The molecule has 1 aromatic rings. The van der Waals surface area contributed by atoms with Crippen molar-refractivity contribution in [1.29, 1.82) is 5.26 Å². The quantitative estimate of drug-likeness (QED) is 0.734. The van der Waals surface area contributed by atoms with Gasteiger partial charge in [0.25, 0.3) is 0 Å². The van der Waals surface area contributed by atoms with Crippen molar-refractivity contribution in [3.63, 3.8) is 0 Å². The summed E-state index contributed by atoms with van der Waals surface area (Å²) < 4.78 is 0. The number of hydrogen-bond acceptors (Lipinski definition) is 2. The summed E-state index contributed by atoms with van der Waals surface area (Å²) >= 11 is 0. The van der Waals surface area contributed by atoms with Crippen molar-refractivity contribution in [2.45, 2.75) is 32.2 Å². The second-order valence-corrected chi connectivity index (χ2v) is 4.33. The molecule has 0 saturated heterocycles. The summed E-state index contributed by atoms with van der Waals surface area (Å²) in [5.41, 5.74) is 3.09. The number of aryl methyl sites for hydroxylation is 1. The summed E-state index contributed by atoms with van der Waals surface area (Å²) in [4.78, 5) is 2.26. The predicted molar refractivity (Wildman–Crippen MR) is 61.9 cm³/mol. The fraction of sp³-hybridized carbons (Fsp3) is 0.462. The summed E-state index contributed by atoms with van der Waals surface area (Å²) in [7, 11) is 2.10. The van der Waals surface area contributed by atoms with Gasteiger partial charge in [0.15, 0.2) is 0 Å². The molecule has 1 fully saturated rings. The van der Waals surface area contributed by atoms with Gasteiger partial charge in [-0.25, -0.2) is 0 Å². The Kier molecular flexibility index (Phi) is 2.64. The molecule has 0 unspecified atom stereocenters. The molecule has 0 bridgehead atoms. The van der Waals surface area contributed by atoms with Crippen LogP contribution in [0.3, 0.4) is 0 Å². The molecule has 0 aromatic heterocycles. The van der Waals surface area contributed by atoms with Crippen LogP contribution in [-0.2, 0) is 0 Å². The van der Waals surface area contributed by atoms with E-state index in [2.05, 4.69) is 31.0 Å². The van der Waals surface area contributed by atoms with Crippen LogP contribution < -0.4 is 4.90 Å². The molecule has 0 heterocycles. The van der Waals surface area contributed by atoms with Crippen LogP contribution in [-0.4, -0.2) is 13.1 Å². The van der Waals surface area contributed by atoms with Crippen LogP contribution in [0.2, 0.25) is 0 Å². The van der Waals surface area contributed by atoms with Gasteiger partial charge in [-0.2, -0.15) is 5.26 Å². The van der Waals surface area contributed by atoms with Crippen LogP contribution in [0.5, 0.6) is 0 Å². The highest BCUT2D eigenvalue weighted by Gasteiger charge is 2.23. The summed E-state index contributed by atoms with van der Waals surface area (Å²) in [6.45, 7) is 2.07. The van der Waals surface area contributed by atoms with Crippen molar-refractivity contribution >= 4 is 5.69 Å². The van der Waals surface area contributed by atoms with E-state index in [1.165, 1.54) is 24.8 Å². The van der Waals surface area contributed by atoms with E-state index in [0.717, 1.165) is 11.3 Å². The highest BCUT2D eigenvalue weighted by molar-refractivity contribution is 5.61. The largest absolute Gasteiger partial charge is 0.371 e. The Morgan fingerprint density at radius 2 is 2.13 bits per heavy atom. The molecule has 0 spiro atoms. The number of nitrogens with zero attached hydrogens (tertiary/aromatic N) is 2. The lowest BCUT2D eigenvalue weighted by Gasteiger charge is -2.36. The van der Waals surface area contributed by atoms with E-state index in [9.17, 15) is 0 Å². The molecule has 0 amide bonds. The monoisotopic (exact) mass is 200 g/mol. The third-order valence-electron chi connectivity index (χ3n) is 3.28. The highest BCUT2D eigenvalue weighted by atomic mass is 15.1. The molecule has 1 aliphatic rings. The Labute approximate surface area is 91.1 Å². The zero-order chi connectivity index (χ0) is 10.8. The average molecular weight is 200 g/mol. The Balaban J connectivity index is 2.32. The molecule has 1 aliphatic carbocycles. The molecule has 1 saturated carbocycles. The standard InChI is InChI=1S/C13H16N2/c1-10-6-7-11(9-14)13(8-10)15(2)12-4-3-5-12/h6-8,12H,3-5H2,1-2H3. The molecule has 0 radical (unpaired) electrons. The number of anilines is 1. The van der Waals surface area contributed by atoms with Crippen molar-refractivity contribution < 1.29 is 0 Å². The summed E-state index contributed by atoms with van der Waals surface area (Å²) in [6, 6.07) is 8.92. The van der Waals surface area contributed by atoms with Gasteiger partial charge in [-0.3, -0.25) is 0 Å². The van der Waals surface area contributed by atoms with E-state index in [1.807, 2.05) is 12.1 Å². The first-order valence-electron chi connectivity index (χ1n) is 5.46. The van der Waals surface area contributed by atoms with Gasteiger partial charge < -0.3 is 4.90 Å². The maximum atomic E-state index is 9.05. The molecule has 15 heavy (non-hydrogen) atoms. The zero-order valence-electron chi connectivity index (χ0n) is 9.33. The minimum absolute atomic E-state index is 0.638. The maximum Gasteiger partial charge on any atom is 0.101 e. The van der Waals surface area contributed by atoms with Crippen molar-refractivity contribution in [3.8, 4) is 6.07 Å². The van der Waals surface area contributed by atoms with E-state index in [1.54, 1.807) is 0 Å². The van der Waals surface area contributed by atoms with Crippen LogP contribution in [0, 0.1) is 18.3 Å². The van der Waals surface area contributed by atoms with Gasteiger partial charge in [-0.15, -0.1) is 0 Å². The maximum absolute atomic E-state index is 9.05. The van der Waals surface area contributed by atoms with Gasteiger partial charge in [0.05, 0.1) is 11.3 Å². The minimum atomic E-state index is 0.638. The highest BCUT2D eigenvalue weighted by Crippen LogP contribution is 2.30. The first-order valence-corrected chi connectivity index (χ1v) is 5.46. The van der Waals surface area contributed by atoms with E-state index in [-0.39, 0.29) is 0 Å². The Hall–Kier alpha value is -1.49. The van der Waals surface area contributed by atoms with Crippen molar-refractivity contribution in [2.24, 2.45) is 0 Å². The first-order chi connectivity index (χ1) is 7.22. The lowest BCUT2D eigenvalue weighted by molar-refractivity contribution is 0.401. The third kappa shape index (κ3) is 1.83. The normalized spacial score (nSPS) is 15.5. The topological polar surface area (TPSA) is 27.0 Å². The fourth-order valence-electron chi connectivity index (χ4n) is 2.00. The van der Waals surface area contributed by atoms with E-state index < -0.39 is 0 Å². The van der Waals surface area contributed by atoms with Crippen LogP contribution in [0.1, 0.15) is 30.4 Å². The molecule has 0 aliphatic heterocycles. The smallest absolute Gasteiger partial charge is 0.101 e. The Morgan fingerprint density at radius 1 is 1.40 bits per heavy atom. The molecule has 2 rings (SSSR count). The van der Waals surface area contributed by atoms with Crippen molar-refractivity contribution in [3.05, 3.63) is 29.3 Å². The van der Waals surface area contributed by atoms with Gasteiger partial charge in [0, 0.05) is 13.1 Å². The SMILES string of the molecule is Cc1ccc(C#N)c(N(C)C2CCC2)c1. The molecule has 0 N–H and O–H groups in total. The summed E-state index contributed by atoms with van der Waals surface area (Å²) in [5.74, 6) is 0. The lowest BCUT2D eigenvalue weighted by atomic mass is 9.91. The number of nitriles is 1. The summed E-state index contributed by atoms with van der Waals surface area (Å²) in [5, 5.41) is 9.05. The molecular formula is C13H16N2. The fourth-order valence-corrected chi connectivity index (χ4v) is 2.00. The number of rotatable bonds is 2. The average Bonchev–Trinajstić information content (AvgIpc) is 2.15. The van der Waals surface area contributed by atoms with E-state index in [0.29, 0.717) is 6.04 Å². The van der Waals surface area contributed by atoms with Crippen LogP contribution in [0.15, 0.2) is 18.2 Å². The van der Waals surface area contributed by atoms with Gasteiger partial charge in [0.2, 0.25) is 0 Å². The van der Waals surface area contributed by atoms with Crippen LogP contribution in [0.4, 0.5) is 5.69 Å². The lowest BCUT2D eigenvalue weighted by Crippen LogP contribution is -2.37. The molecule has 1 aromatic carbocycles. The molecule has 0 atom stereocenters. The second-order valence-electron chi connectivity index (χ2n) is 4.33. The van der Waals surface area contributed by atoms with Gasteiger partial charge in [-0.1, -0.05) is 6.07 Å².